The normalized spacial score (nSPS) is 17.7. The van der Waals surface area contributed by atoms with Gasteiger partial charge in [-0.3, -0.25) is 9.59 Å². The number of carboxylic acid groups (broad SMARTS) is 1. The van der Waals surface area contributed by atoms with Crippen LogP contribution in [0.1, 0.15) is 35.6 Å². The van der Waals surface area contributed by atoms with Crippen molar-refractivity contribution in [2.75, 3.05) is 11.4 Å². The summed E-state index contributed by atoms with van der Waals surface area (Å²) in [6, 6.07) is 11.4. The molecule has 29 heavy (non-hydrogen) atoms. The van der Waals surface area contributed by atoms with Crippen LogP contribution in [0.2, 0.25) is 0 Å². The zero-order chi connectivity index (χ0) is 21.1. The van der Waals surface area contributed by atoms with Crippen LogP contribution in [0, 0.1) is 19.8 Å². The van der Waals surface area contributed by atoms with Crippen molar-refractivity contribution in [3.8, 4) is 0 Å². The lowest BCUT2D eigenvalue weighted by atomic mass is 9.94. The van der Waals surface area contributed by atoms with E-state index in [4.69, 9.17) is 0 Å². The molecule has 0 spiro atoms. The van der Waals surface area contributed by atoms with Gasteiger partial charge in [0.05, 0.1) is 5.92 Å². The van der Waals surface area contributed by atoms with E-state index in [-0.39, 0.29) is 24.8 Å². The van der Waals surface area contributed by atoms with Gasteiger partial charge >= 0.3 is 5.97 Å². The smallest absolute Gasteiger partial charge is 0.330 e. The van der Waals surface area contributed by atoms with Crippen LogP contribution in [0.3, 0.4) is 0 Å². The Balaban J connectivity index is 1.75. The Morgan fingerprint density at radius 2 is 1.83 bits per heavy atom. The summed E-state index contributed by atoms with van der Waals surface area (Å²) in [6.07, 6.45) is 0.652. The number of aryl methyl sites for hydroxylation is 2. The molecule has 2 unspecified atom stereocenters. The van der Waals surface area contributed by atoms with Crippen LogP contribution in [0.5, 0.6) is 0 Å². The van der Waals surface area contributed by atoms with Gasteiger partial charge in [0.2, 0.25) is 11.8 Å². The van der Waals surface area contributed by atoms with Gasteiger partial charge < -0.3 is 15.3 Å². The minimum Gasteiger partial charge on any atom is -0.479 e. The molecular formula is C22H23BrN2O4. The molecule has 2 aromatic rings. The van der Waals surface area contributed by atoms with E-state index in [9.17, 15) is 19.5 Å². The first kappa shape index (κ1) is 21.0. The minimum atomic E-state index is -1.14. The molecule has 0 aromatic heterocycles. The monoisotopic (exact) mass is 458 g/mol. The number of anilines is 1. The molecule has 7 heteroatoms. The molecule has 2 N–H and O–H groups in total. The Bertz CT molecular complexity index is 942. The summed E-state index contributed by atoms with van der Waals surface area (Å²) in [5.74, 6) is -1.98. The predicted octanol–water partition coefficient (Wildman–Crippen LogP) is 3.75. The van der Waals surface area contributed by atoms with Crippen molar-refractivity contribution in [2.45, 2.75) is 32.7 Å². The van der Waals surface area contributed by atoms with Crippen LogP contribution in [0.25, 0.3) is 0 Å². The van der Waals surface area contributed by atoms with Crippen LogP contribution in [0.15, 0.2) is 46.9 Å². The highest BCUT2D eigenvalue weighted by Gasteiger charge is 2.33. The number of halogens is 1. The number of carboxylic acids is 1. The molecule has 6 nitrogen and oxygen atoms in total. The second-order valence-electron chi connectivity index (χ2n) is 7.34. The Morgan fingerprint density at radius 3 is 2.45 bits per heavy atom. The van der Waals surface area contributed by atoms with Crippen molar-refractivity contribution in [2.24, 2.45) is 5.92 Å². The van der Waals surface area contributed by atoms with Crippen molar-refractivity contribution in [1.29, 1.82) is 0 Å². The van der Waals surface area contributed by atoms with Gasteiger partial charge in [0.25, 0.3) is 0 Å². The largest absolute Gasteiger partial charge is 0.479 e. The molecule has 1 aliphatic heterocycles. The van der Waals surface area contributed by atoms with E-state index >= 15 is 0 Å². The zero-order valence-corrected chi connectivity index (χ0v) is 17.9. The van der Waals surface area contributed by atoms with E-state index in [1.165, 1.54) is 0 Å². The maximum absolute atomic E-state index is 12.8. The lowest BCUT2D eigenvalue weighted by Crippen LogP contribution is -2.47. The highest BCUT2D eigenvalue weighted by atomic mass is 79.9. The Hall–Kier alpha value is -2.67. The van der Waals surface area contributed by atoms with Gasteiger partial charge in [-0.25, -0.2) is 4.79 Å². The molecule has 0 saturated carbocycles. The summed E-state index contributed by atoms with van der Waals surface area (Å²) < 4.78 is 0.826. The summed E-state index contributed by atoms with van der Waals surface area (Å²) in [6.45, 7) is 4.22. The molecule has 1 heterocycles. The second kappa shape index (κ2) is 8.78. The first-order valence-electron chi connectivity index (χ1n) is 9.42. The fourth-order valence-electron chi connectivity index (χ4n) is 3.41. The summed E-state index contributed by atoms with van der Waals surface area (Å²) in [5.41, 5.74) is 3.46. The minimum absolute atomic E-state index is 0.0278. The van der Waals surface area contributed by atoms with E-state index in [0.717, 1.165) is 21.3 Å². The molecular weight excluding hydrogens is 436 g/mol. The van der Waals surface area contributed by atoms with E-state index in [2.05, 4.69) is 21.2 Å². The molecule has 2 amide bonds. The van der Waals surface area contributed by atoms with Gasteiger partial charge in [0.15, 0.2) is 6.04 Å². The number of hydrogen-bond donors (Lipinski definition) is 2. The number of nitrogens with one attached hydrogen (secondary N) is 1. The van der Waals surface area contributed by atoms with E-state index in [1.807, 2.05) is 32.0 Å². The molecule has 1 fully saturated rings. The van der Waals surface area contributed by atoms with Gasteiger partial charge in [0, 0.05) is 23.1 Å². The van der Waals surface area contributed by atoms with Gasteiger partial charge in [-0.05, 0) is 61.2 Å². The Kier molecular flexibility index (Phi) is 6.37. The molecule has 1 aliphatic rings. The van der Waals surface area contributed by atoms with E-state index in [0.29, 0.717) is 12.0 Å². The fourth-order valence-corrected chi connectivity index (χ4v) is 3.67. The highest BCUT2D eigenvalue weighted by molar-refractivity contribution is 9.10. The van der Waals surface area contributed by atoms with Gasteiger partial charge in [0.1, 0.15) is 0 Å². The number of piperidine rings is 1. The lowest BCUT2D eigenvalue weighted by molar-refractivity contribution is -0.143. The van der Waals surface area contributed by atoms with Crippen molar-refractivity contribution in [3.05, 3.63) is 63.6 Å². The predicted molar refractivity (Wildman–Crippen MR) is 114 cm³/mol. The summed E-state index contributed by atoms with van der Waals surface area (Å²) in [7, 11) is 0. The van der Waals surface area contributed by atoms with Gasteiger partial charge in [-0.2, -0.15) is 0 Å². The SMILES string of the molecule is Cc1ccc(N2CC(C(=O)NC(C(=O)O)c3ccc(Br)cc3)CCC2=O)cc1C. The number of rotatable bonds is 5. The van der Waals surface area contributed by atoms with Crippen molar-refractivity contribution < 1.29 is 19.5 Å². The summed E-state index contributed by atoms with van der Waals surface area (Å²) in [4.78, 5) is 38.6. The fraction of sp³-hybridized carbons (Fsp3) is 0.318. The van der Waals surface area contributed by atoms with Crippen LogP contribution < -0.4 is 10.2 Å². The Morgan fingerprint density at radius 1 is 1.14 bits per heavy atom. The van der Waals surface area contributed by atoms with Crippen LogP contribution in [-0.4, -0.2) is 29.4 Å². The number of carbonyl (C=O) groups is 3. The van der Waals surface area contributed by atoms with Crippen LogP contribution >= 0.6 is 15.9 Å². The first-order valence-corrected chi connectivity index (χ1v) is 10.2. The van der Waals surface area contributed by atoms with Crippen molar-refractivity contribution in [1.82, 2.24) is 5.32 Å². The average Bonchev–Trinajstić information content (AvgIpc) is 2.69. The molecule has 152 valence electrons. The zero-order valence-electron chi connectivity index (χ0n) is 16.3. The third-order valence-electron chi connectivity index (χ3n) is 5.32. The van der Waals surface area contributed by atoms with Crippen LogP contribution in [0.4, 0.5) is 5.69 Å². The number of benzene rings is 2. The van der Waals surface area contributed by atoms with E-state index in [1.54, 1.807) is 29.2 Å². The summed E-state index contributed by atoms with van der Waals surface area (Å²) in [5, 5.41) is 12.2. The van der Waals surface area contributed by atoms with Crippen molar-refractivity contribution in [3.63, 3.8) is 0 Å². The average molecular weight is 459 g/mol. The van der Waals surface area contributed by atoms with Crippen molar-refractivity contribution >= 4 is 39.4 Å². The number of carbonyl (C=O) groups excluding carboxylic acids is 2. The third-order valence-corrected chi connectivity index (χ3v) is 5.85. The number of amides is 2. The number of aliphatic carboxylic acids is 1. The molecule has 0 aliphatic carbocycles. The summed E-state index contributed by atoms with van der Waals surface area (Å²) >= 11 is 3.32. The molecule has 0 bridgehead atoms. The first-order chi connectivity index (χ1) is 13.8. The standard InChI is InChI=1S/C22H23BrN2O4/c1-13-3-9-18(11-14(13)2)25-12-16(6-10-19(25)26)21(27)24-20(22(28)29)15-4-7-17(23)8-5-15/h3-5,7-9,11,16,20H,6,10,12H2,1-2H3,(H,24,27)(H,28,29). The molecule has 2 atom stereocenters. The molecule has 2 aromatic carbocycles. The second-order valence-corrected chi connectivity index (χ2v) is 8.26. The van der Waals surface area contributed by atoms with E-state index < -0.39 is 17.9 Å². The number of hydrogen-bond acceptors (Lipinski definition) is 3. The van der Waals surface area contributed by atoms with Gasteiger partial charge in [-0.15, -0.1) is 0 Å². The maximum atomic E-state index is 12.8. The Labute approximate surface area is 178 Å². The van der Waals surface area contributed by atoms with Gasteiger partial charge in [-0.1, -0.05) is 34.1 Å². The maximum Gasteiger partial charge on any atom is 0.330 e. The topological polar surface area (TPSA) is 86.7 Å². The van der Waals surface area contributed by atoms with Crippen LogP contribution in [-0.2, 0) is 14.4 Å². The molecule has 3 rings (SSSR count). The molecule has 0 radical (unpaired) electrons. The molecule has 1 saturated heterocycles. The number of nitrogens with zero attached hydrogens (tertiary/aromatic N) is 1. The lowest BCUT2D eigenvalue weighted by Gasteiger charge is -2.33. The quantitative estimate of drug-likeness (QED) is 0.713. The highest BCUT2D eigenvalue weighted by Crippen LogP contribution is 2.27. The third kappa shape index (κ3) is 4.85.